The quantitative estimate of drug-likeness (QED) is 0.303. The normalized spacial score (nSPS) is 13.7. The summed E-state index contributed by atoms with van der Waals surface area (Å²) < 4.78 is 0. The molecule has 0 spiro atoms. The van der Waals surface area contributed by atoms with Gasteiger partial charge >= 0.3 is 0 Å². The van der Waals surface area contributed by atoms with Crippen LogP contribution in [0.25, 0.3) is 0 Å². The third-order valence-electron chi connectivity index (χ3n) is 4.97. The average molecular weight is 411 g/mol. The van der Waals surface area contributed by atoms with Crippen molar-refractivity contribution < 1.29 is 4.79 Å². The Morgan fingerprint density at radius 2 is 1.76 bits per heavy atom. The predicted molar refractivity (Wildman–Crippen MR) is 121 cm³/mol. The molecule has 0 saturated heterocycles. The van der Waals surface area contributed by atoms with E-state index in [0.29, 0.717) is 6.42 Å². The Morgan fingerprint density at radius 3 is 2.55 bits per heavy atom. The van der Waals surface area contributed by atoms with Gasteiger partial charge in [-0.2, -0.15) is 0 Å². The van der Waals surface area contributed by atoms with Gasteiger partial charge in [-0.1, -0.05) is 42.5 Å². The predicted octanol–water partition coefficient (Wildman–Crippen LogP) is 3.31. The second kappa shape index (κ2) is 11.5. The number of nitrogens with zero attached hydrogens (tertiary/aromatic N) is 2. The number of carbonyl (C=O) groups is 1. The number of rotatable bonds is 8. The third kappa shape index (κ3) is 6.82. The van der Waals surface area contributed by atoms with Crippen LogP contribution in [0.3, 0.4) is 0 Å². The fourth-order valence-electron chi connectivity index (χ4n) is 3.39. The van der Waals surface area contributed by atoms with Crippen molar-refractivity contribution in [2.75, 3.05) is 32.4 Å². The molecule has 154 valence electrons. The summed E-state index contributed by atoms with van der Waals surface area (Å²) in [6.07, 6.45) is 2.32. The maximum atomic E-state index is 12.5. The molecule has 0 fully saturated rings. The van der Waals surface area contributed by atoms with E-state index in [2.05, 4.69) is 58.1 Å². The van der Waals surface area contributed by atoms with Gasteiger partial charge < -0.3 is 15.5 Å². The van der Waals surface area contributed by atoms with Crippen molar-refractivity contribution in [2.24, 2.45) is 4.99 Å². The second-order valence-electron chi connectivity index (χ2n) is 7.02. The summed E-state index contributed by atoms with van der Waals surface area (Å²) in [5.74, 6) is 2.00. The van der Waals surface area contributed by atoms with Gasteiger partial charge in [0.1, 0.15) is 0 Å². The molecule has 1 heterocycles. The topological polar surface area (TPSA) is 56.7 Å². The Kier molecular flexibility index (Phi) is 8.43. The molecule has 6 heteroatoms. The molecule has 0 aromatic heterocycles. The summed E-state index contributed by atoms with van der Waals surface area (Å²) in [6.45, 7) is 3.14. The lowest BCUT2D eigenvalue weighted by Crippen LogP contribution is -2.39. The summed E-state index contributed by atoms with van der Waals surface area (Å²) >= 11 is 1.82. The maximum Gasteiger partial charge on any atom is 0.222 e. The number of hydrogen-bond acceptors (Lipinski definition) is 3. The lowest BCUT2D eigenvalue weighted by atomic mass is 9.99. The van der Waals surface area contributed by atoms with Gasteiger partial charge in [0, 0.05) is 50.3 Å². The second-order valence-corrected chi connectivity index (χ2v) is 8.19. The number of hydrogen-bond donors (Lipinski definition) is 2. The minimum Gasteiger partial charge on any atom is -0.356 e. The highest BCUT2D eigenvalue weighted by atomic mass is 32.2. The molecule has 1 aliphatic heterocycles. The van der Waals surface area contributed by atoms with Crippen molar-refractivity contribution in [3.63, 3.8) is 0 Å². The summed E-state index contributed by atoms with van der Waals surface area (Å²) in [4.78, 5) is 20.0. The van der Waals surface area contributed by atoms with Gasteiger partial charge in [-0.3, -0.25) is 9.79 Å². The number of aliphatic imine (C=N–C) groups is 1. The molecule has 5 nitrogen and oxygen atoms in total. The molecule has 0 bridgehead atoms. The Bertz CT molecular complexity index is 810. The maximum absolute atomic E-state index is 12.5. The largest absolute Gasteiger partial charge is 0.356 e. The van der Waals surface area contributed by atoms with Crippen LogP contribution in [0, 0.1) is 0 Å². The lowest BCUT2D eigenvalue weighted by molar-refractivity contribution is -0.132. The molecule has 2 N–H and O–H groups in total. The van der Waals surface area contributed by atoms with Gasteiger partial charge in [-0.15, -0.1) is 11.8 Å². The fraction of sp³-hybridized carbons (Fsp3) is 0.391. The van der Waals surface area contributed by atoms with Crippen molar-refractivity contribution in [3.8, 4) is 0 Å². The summed E-state index contributed by atoms with van der Waals surface area (Å²) in [5, 5.41) is 6.63. The first-order chi connectivity index (χ1) is 14.3. The molecule has 2 aromatic rings. The number of benzene rings is 2. The monoisotopic (exact) mass is 410 g/mol. The molecule has 1 aliphatic rings. The van der Waals surface area contributed by atoms with Crippen molar-refractivity contribution in [3.05, 3.63) is 65.7 Å². The minimum absolute atomic E-state index is 0.239. The van der Waals surface area contributed by atoms with E-state index in [1.807, 2.05) is 28.8 Å². The molecule has 1 amide bonds. The fourth-order valence-corrected chi connectivity index (χ4v) is 4.18. The average Bonchev–Trinajstić information content (AvgIpc) is 2.78. The Hall–Kier alpha value is -2.47. The first kappa shape index (κ1) is 21.2. The third-order valence-corrected chi connectivity index (χ3v) is 5.99. The first-order valence-corrected chi connectivity index (χ1v) is 11.2. The van der Waals surface area contributed by atoms with Gasteiger partial charge in [-0.05, 0) is 36.1 Å². The van der Waals surface area contributed by atoms with E-state index in [9.17, 15) is 4.79 Å². The van der Waals surface area contributed by atoms with E-state index in [4.69, 9.17) is 0 Å². The van der Waals surface area contributed by atoms with Gasteiger partial charge in [0.25, 0.3) is 0 Å². The molecule has 0 atom stereocenters. The standard InChI is InChI=1S/C23H30N4OS/c1-24-23(26-15-17-29-21-10-3-2-4-11-21)25-14-7-12-22(28)27-16-13-19-8-5-6-9-20(19)18-27/h2-6,8-11H,7,12-18H2,1H3,(H2,24,25,26). The Labute approximate surface area is 178 Å². The number of amides is 1. The van der Waals surface area contributed by atoms with E-state index < -0.39 is 0 Å². The molecule has 3 rings (SSSR count). The first-order valence-electron chi connectivity index (χ1n) is 10.2. The number of carbonyl (C=O) groups excluding carboxylic acids is 1. The highest BCUT2D eigenvalue weighted by Crippen LogP contribution is 2.19. The lowest BCUT2D eigenvalue weighted by Gasteiger charge is -2.29. The molecular weight excluding hydrogens is 380 g/mol. The number of guanidine groups is 1. The number of thioether (sulfide) groups is 1. The molecule has 0 unspecified atom stereocenters. The number of fused-ring (bicyclic) bond motifs is 1. The van der Waals surface area contributed by atoms with Crippen molar-refractivity contribution in [2.45, 2.75) is 30.7 Å². The summed E-state index contributed by atoms with van der Waals surface area (Å²) in [5.41, 5.74) is 2.65. The van der Waals surface area contributed by atoms with Gasteiger partial charge in [0.2, 0.25) is 5.91 Å². The van der Waals surface area contributed by atoms with E-state index in [1.165, 1.54) is 16.0 Å². The van der Waals surface area contributed by atoms with Crippen LogP contribution in [0.2, 0.25) is 0 Å². The van der Waals surface area contributed by atoms with E-state index in [0.717, 1.165) is 50.7 Å². The van der Waals surface area contributed by atoms with Crippen LogP contribution in [0.5, 0.6) is 0 Å². The van der Waals surface area contributed by atoms with E-state index >= 15 is 0 Å². The summed E-state index contributed by atoms with van der Waals surface area (Å²) in [6, 6.07) is 18.8. The highest BCUT2D eigenvalue weighted by molar-refractivity contribution is 7.99. The van der Waals surface area contributed by atoms with Crippen LogP contribution in [0.15, 0.2) is 64.5 Å². The van der Waals surface area contributed by atoms with Crippen LogP contribution in [0.1, 0.15) is 24.0 Å². The molecule has 0 saturated carbocycles. The zero-order chi connectivity index (χ0) is 20.3. The zero-order valence-electron chi connectivity index (χ0n) is 17.1. The van der Waals surface area contributed by atoms with E-state index in [-0.39, 0.29) is 5.91 Å². The molecule has 0 aliphatic carbocycles. The molecule has 0 radical (unpaired) electrons. The number of nitrogens with one attached hydrogen (secondary N) is 2. The molecule has 2 aromatic carbocycles. The van der Waals surface area contributed by atoms with Crippen molar-refractivity contribution in [1.29, 1.82) is 0 Å². The van der Waals surface area contributed by atoms with Crippen LogP contribution in [-0.2, 0) is 17.8 Å². The highest BCUT2D eigenvalue weighted by Gasteiger charge is 2.19. The smallest absolute Gasteiger partial charge is 0.222 e. The van der Waals surface area contributed by atoms with Gasteiger partial charge in [-0.25, -0.2) is 0 Å². The zero-order valence-corrected chi connectivity index (χ0v) is 17.9. The van der Waals surface area contributed by atoms with Gasteiger partial charge in [0.15, 0.2) is 5.96 Å². The Morgan fingerprint density at radius 1 is 1.03 bits per heavy atom. The van der Waals surface area contributed by atoms with Crippen LogP contribution < -0.4 is 10.6 Å². The summed E-state index contributed by atoms with van der Waals surface area (Å²) in [7, 11) is 1.77. The van der Waals surface area contributed by atoms with Gasteiger partial charge in [0.05, 0.1) is 0 Å². The minimum atomic E-state index is 0.239. The Balaban J connectivity index is 1.29. The van der Waals surface area contributed by atoms with E-state index in [1.54, 1.807) is 7.05 Å². The van der Waals surface area contributed by atoms with Crippen LogP contribution in [-0.4, -0.2) is 49.2 Å². The molecule has 29 heavy (non-hydrogen) atoms. The molecular formula is C23H30N4OS. The van der Waals surface area contributed by atoms with Crippen LogP contribution >= 0.6 is 11.8 Å². The van der Waals surface area contributed by atoms with Crippen molar-refractivity contribution in [1.82, 2.24) is 15.5 Å². The van der Waals surface area contributed by atoms with Crippen molar-refractivity contribution >= 4 is 23.6 Å². The SMILES string of the molecule is CN=C(NCCCC(=O)N1CCc2ccccc2C1)NCCSc1ccccc1. The van der Waals surface area contributed by atoms with Crippen LogP contribution in [0.4, 0.5) is 0 Å².